The summed E-state index contributed by atoms with van der Waals surface area (Å²) in [6.07, 6.45) is 0. The van der Waals surface area contributed by atoms with E-state index in [1.807, 2.05) is 0 Å². The fourth-order valence-corrected chi connectivity index (χ4v) is 1.40. The second kappa shape index (κ2) is 4.24. The summed E-state index contributed by atoms with van der Waals surface area (Å²) in [6.45, 7) is 3.58. The number of carbonyl (C=O) groups is 1. The highest BCUT2D eigenvalue weighted by molar-refractivity contribution is 5.99. The number of nitrogens with zero attached hydrogens (tertiary/aromatic N) is 3. The number of hydrogen-bond acceptors (Lipinski definition) is 6. The van der Waals surface area contributed by atoms with E-state index >= 15 is 0 Å². The first kappa shape index (κ1) is 11.1. The number of aromatic amines is 1. The van der Waals surface area contributed by atoms with Crippen molar-refractivity contribution < 1.29 is 9.32 Å². The molecule has 0 unspecified atom stereocenters. The van der Waals surface area contributed by atoms with Crippen LogP contribution in [0.1, 0.15) is 27.8 Å². The second-order valence-electron chi connectivity index (χ2n) is 3.52. The molecule has 2 heterocycles. The number of nitrogen functional groups attached to an aromatic ring is 1. The Morgan fingerprint density at radius 3 is 2.82 bits per heavy atom. The molecule has 0 bridgehead atoms. The summed E-state index contributed by atoms with van der Waals surface area (Å²) < 4.78 is 4.78. The molecule has 0 fully saturated rings. The summed E-state index contributed by atoms with van der Waals surface area (Å²) in [5, 5.41) is 12.7. The number of aryl methyl sites for hydroxylation is 2. The molecular weight excluding hydrogens is 224 g/mol. The topological polar surface area (TPSA) is 123 Å². The summed E-state index contributed by atoms with van der Waals surface area (Å²) in [5.41, 5.74) is 6.52. The lowest BCUT2D eigenvalue weighted by atomic mass is 10.2. The van der Waals surface area contributed by atoms with Gasteiger partial charge in [-0.25, -0.2) is 0 Å². The maximum absolute atomic E-state index is 11.8. The number of anilines is 1. The van der Waals surface area contributed by atoms with Crippen molar-refractivity contribution in [1.82, 2.24) is 25.7 Å². The van der Waals surface area contributed by atoms with E-state index in [9.17, 15) is 4.79 Å². The third kappa shape index (κ3) is 2.25. The number of rotatable bonds is 3. The second-order valence-corrected chi connectivity index (χ2v) is 3.52. The summed E-state index contributed by atoms with van der Waals surface area (Å²) >= 11 is 0. The number of aromatic nitrogens is 4. The minimum absolute atomic E-state index is 0.171. The molecule has 8 heteroatoms. The lowest BCUT2D eigenvalue weighted by molar-refractivity contribution is 0.0950. The molecule has 0 aliphatic rings. The smallest absolute Gasteiger partial charge is 0.257 e. The van der Waals surface area contributed by atoms with Gasteiger partial charge in [0.2, 0.25) is 5.89 Å². The fourth-order valence-electron chi connectivity index (χ4n) is 1.40. The third-order valence-electron chi connectivity index (χ3n) is 2.18. The predicted molar refractivity (Wildman–Crippen MR) is 57.9 cm³/mol. The molecule has 0 spiro atoms. The van der Waals surface area contributed by atoms with Crippen molar-refractivity contribution in [3.8, 4) is 0 Å². The van der Waals surface area contributed by atoms with Gasteiger partial charge >= 0.3 is 0 Å². The maximum Gasteiger partial charge on any atom is 0.257 e. The largest absolute Gasteiger partial charge is 0.382 e. The van der Waals surface area contributed by atoms with Crippen LogP contribution in [0.5, 0.6) is 0 Å². The Hall–Kier alpha value is -2.38. The molecule has 0 aromatic carbocycles. The minimum atomic E-state index is -0.323. The summed E-state index contributed by atoms with van der Waals surface area (Å²) in [6, 6.07) is 0. The highest BCUT2D eigenvalue weighted by Gasteiger charge is 2.16. The Bertz CT molecular complexity index is 524. The van der Waals surface area contributed by atoms with E-state index in [4.69, 9.17) is 10.3 Å². The Morgan fingerprint density at radius 1 is 1.53 bits per heavy atom. The van der Waals surface area contributed by atoms with E-state index < -0.39 is 0 Å². The zero-order valence-electron chi connectivity index (χ0n) is 9.44. The molecule has 4 N–H and O–H groups in total. The third-order valence-corrected chi connectivity index (χ3v) is 2.18. The van der Waals surface area contributed by atoms with Gasteiger partial charge in [-0.05, 0) is 6.92 Å². The van der Waals surface area contributed by atoms with Gasteiger partial charge in [0.25, 0.3) is 5.91 Å². The zero-order chi connectivity index (χ0) is 12.4. The first-order chi connectivity index (χ1) is 8.08. The van der Waals surface area contributed by atoms with Gasteiger partial charge in [0.15, 0.2) is 11.6 Å². The lowest BCUT2D eigenvalue weighted by Gasteiger charge is -2.01. The van der Waals surface area contributed by atoms with Crippen molar-refractivity contribution in [2.45, 2.75) is 20.4 Å². The molecule has 1 amide bonds. The van der Waals surface area contributed by atoms with Crippen molar-refractivity contribution >= 4 is 11.7 Å². The van der Waals surface area contributed by atoms with Gasteiger partial charge in [-0.15, -0.1) is 0 Å². The molecule has 0 saturated heterocycles. The van der Waals surface area contributed by atoms with E-state index in [2.05, 4.69) is 25.7 Å². The van der Waals surface area contributed by atoms with Crippen LogP contribution >= 0.6 is 0 Å². The van der Waals surface area contributed by atoms with Gasteiger partial charge in [-0.1, -0.05) is 5.16 Å². The quantitative estimate of drug-likeness (QED) is 0.685. The van der Waals surface area contributed by atoms with Crippen LogP contribution in [-0.4, -0.2) is 26.2 Å². The van der Waals surface area contributed by atoms with E-state index in [1.54, 1.807) is 13.8 Å². The molecular formula is C9H12N6O2. The molecule has 0 aliphatic carbocycles. The zero-order valence-corrected chi connectivity index (χ0v) is 9.44. The first-order valence-corrected chi connectivity index (χ1v) is 4.95. The Morgan fingerprint density at radius 2 is 2.29 bits per heavy atom. The average molecular weight is 236 g/mol. The van der Waals surface area contributed by atoms with Gasteiger partial charge in [0, 0.05) is 12.6 Å². The van der Waals surface area contributed by atoms with Crippen molar-refractivity contribution in [3.05, 3.63) is 23.0 Å². The number of amides is 1. The molecule has 0 radical (unpaired) electrons. The number of nitrogens with one attached hydrogen (secondary N) is 2. The van der Waals surface area contributed by atoms with Gasteiger partial charge in [0.1, 0.15) is 5.56 Å². The van der Waals surface area contributed by atoms with Crippen LogP contribution in [0.2, 0.25) is 0 Å². The van der Waals surface area contributed by atoms with Crippen molar-refractivity contribution in [2.24, 2.45) is 0 Å². The van der Waals surface area contributed by atoms with Crippen LogP contribution in [0.15, 0.2) is 4.52 Å². The van der Waals surface area contributed by atoms with Crippen LogP contribution in [0.4, 0.5) is 5.82 Å². The van der Waals surface area contributed by atoms with Gasteiger partial charge < -0.3 is 15.6 Å². The lowest BCUT2D eigenvalue weighted by Crippen LogP contribution is -2.24. The van der Waals surface area contributed by atoms with Crippen molar-refractivity contribution in [2.75, 3.05) is 5.73 Å². The van der Waals surface area contributed by atoms with Gasteiger partial charge in [-0.2, -0.15) is 10.1 Å². The van der Waals surface area contributed by atoms with Crippen LogP contribution < -0.4 is 11.1 Å². The Balaban J connectivity index is 2.03. The van der Waals surface area contributed by atoms with E-state index in [-0.39, 0.29) is 18.3 Å². The summed E-state index contributed by atoms with van der Waals surface area (Å²) in [5.74, 6) is 0.712. The molecule has 90 valence electrons. The van der Waals surface area contributed by atoms with Crippen molar-refractivity contribution in [1.29, 1.82) is 0 Å². The normalized spacial score (nSPS) is 10.5. The number of carbonyl (C=O) groups excluding carboxylic acids is 1. The van der Waals surface area contributed by atoms with E-state index in [0.29, 0.717) is 23.0 Å². The van der Waals surface area contributed by atoms with E-state index in [0.717, 1.165) is 0 Å². The number of hydrogen-bond donors (Lipinski definition) is 3. The van der Waals surface area contributed by atoms with Crippen LogP contribution in [0, 0.1) is 13.8 Å². The molecule has 8 nitrogen and oxygen atoms in total. The van der Waals surface area contributed by atoms with Crippen molar-refractivity contribution in [3.63, 3.8) is 0 Å². The minimum Gasteiger partial charge on any atom is -0.382 e. The van der Waals surface area contributed by atoms with Gasteiger partial charge in [0.05, 0.1) is 6.54 Å². The standard InChI is InChI=1S/C9H12N6O2/c1-4-7(8(10)14-13-4)9(16)11-3-6-12-5(2)17-15-6/h3H2,1-2H3,(H,11,16)(H3,10,13,14). The monoisotopic (exact) mass is 236 g/mol. The molecule has 0 saturated carbocycles. The average Bonchev–Trinajstić information content (AvgIpc) is 2.83. The maximum atomic E-state index is 11.8. The van der Waals surface area contributed by atoms with Gasteiger partial charge in [-0.3, -0.25) is 9.89 Å². The molecule has 0 atom stereocenters. The highest BCUT2D eigenvalue weighted by atomic mass is 16.5. The molecule has 2 aromatic heterocycles. The number of nitrogens with two attached hydrogens (primary N) is 1. The van der Waals surface area contributed by atoms with Crippen LogP contribution in [0.25, 0.3) is 0 Å². The molecule has 0 aliphatic heterocycles. The Kier molecular flexibility index (Phi) is 2.77. The summed E-state index contributed by atoms with van der Waals surface area (Å²) in [7, 11) is 0. The fraction of sp³-hybridized carbons (Fsp3) is 0.333. The highest BCUT2D eigenvalue weighted by Crippen LogP contribution is 2.11. The Labute approximate surface area is 96.6 Å². The first-order valence-electron chi connectivity index (χ1n) is 4.95. The summed E-state index contributed by atoms with van der Waals surface area (Å²) in [4.78, 5) is 15.8. The molecule has 2 rings (SSSR count). The molecule has 17 heavy (non-hydrogen) atoms. The number of H-pyrrole nitrogens is 1. The van der Waals surface area contributed by atoms with Crippen LogP contribution in [-0.2, 0) is 6.54 Å². The predicted octanol–water partition coefficient (Wildman–Crippen LogP) is -0.0783. The molecule has 2 aromatic rings. The SMILES string of the molecule is Cc1nc(CNC(=O)c2c(N)n[nH]c2C)no1. The van der Waals surface area contributed by atoms with Crippen LogP contribution in [0.3, 0.4) is 0 Å². The van der Waals surface area contributed by atoms with E-state index in [1.165, 1.54) is 0 Å².